The average molecular weight is 408 g/mol. The number of nitrogens with one attached hydrogen (secondary N) is 2. The van der Waals surface area contributed by atoms with Crippen molar-refractivity contribution in [3.8, 4) is 6.07 Å². The summed E-state index contributed by atoms with van der Waals surface area (Å²) < 4.78 is 0. The van der Waals surface area contributed by atoms with E-state index in [4.69, 9.17) is 9.97 Å². The van der Waals surface area contributed by atoms with Crippen LogP contribution in [0.3, 0.4) is 0 Å². The number of benzene rings is 1. The molecule has 2 N–H and O–H groups in total. The number of aromatic nitrogens is 2. The quantitative estimate of drug-likeness (QED) is 0.783. The Morgan fingerprint density at radius 1 is 1.20 bits per heavy atom. The number of nitriles is 1. The van der Waals surface area contributed by atoms with Crippen LogP contribution in [0.1, 0.15) is 50.6 Å². The van der Waals surface area contributed by atoms with Crippen LogP contribution in [0, 0.1) is 11.3 Å². The number of nitrogens with zero attached hydrogens (tertiary/aromatic N) is 4. The zero-order chi connectivity index (χ0) is 20.9. The van der Waals surface area contributed by atoms with Crippen molar-refractivity contribution in [3.05, 3.63) is 30.0 Å². The second-order valence-electron chi connectivity index (χ2n) is 8.42. The lowest BCUT2D eigenvalue weighted by Gasteiger charge is -2.33. The summed E-state index contributed by atoms with van der Waals surface area (Å²) in [7, 11) is 0. The molecule has 0 spiro atoms. The van der Waals surface area contributed by atoms with E-state index in [0.717, 1.165) is 69.4 Å². The topological polar surface area (TPSA) is 86.3 Å². The second kappa shape index (κ2) is 9.40. The first-order chi connectivity index (χ1) is 14.7. The largest absolute Gasteiger partial charge is 0.352 e. The molecule has 0 unspecified atom stereocenters. The van der Waals surface area contributed by atoms with Gasteiger partial charge in [0.1, 0.15) is 5.69 Å². The van der Waals surface area contributed by atoms with E-state index in [-0.39, 0.29) is 11.9 Å². The van der Waals surface area contributed by atoms with E-state index in [1.165, 1.54) is 6.42 Å². The van der Waals surface area contributed by atoms with Gasteiger partial charge in [-0.2, -0.15) is 5.26 Å². The zero-order valence-corrected chi connectivity index (χ0v) is 17.7. The van der Waals surface area contributed by atoms with E-state index >= 15 is 0 Å². The third-order valence-corrected chi connectivity index (χ3v) is 6.46. The average Bonchev–Trinajstić information content (AvgIpc) is 2.80. The number of rotatable bonds is 5. The van der Waals surface area contributed by atoms with Crippen molar-refractivity contribution in [3.63, 3.8) is 0 Å². The van der Waals surface area contributed by atoms with Crippen LogP contribution in [0.2, 0.25) is 0 Å². The number of carbonyl (C=O) groups is 1. The Labute approximate surface area is 178 Å². The molecule has 0 radical (unpaired) electrons. The van der Waals surface area contributed by atoms with Crippen LogP contribution in [0.5, 0.6) is 0 Å². The summed E-state index contributed by atoms with van der Waals surface area (Å²) in [4.78, 5) is 26.5. The molecule has 7 heteroatoms. The van der Waals surface area contributed by atoms with Gasteiger partial charge in [0.2, 0.25) is 5.91 Å². The number of hydrogen-bond donors (Lipinski definition) is 2. The maximum absolute atomic E-state index is 13.1. The SMILES string of the molecule is CC[NH+]1CCN(c2nc3ccccc3nc2[C@@H](C#N)C(=O)NC2CCCCC2)CC1. The monoisotopic (exact) mass is 407 g/mol. The maximum atomic E-state index is 13.1. The number of amides is 1. The highest BCUT2D eigenvalue weighted by Gasteiger charge is 2.32. The van der Waals surface area contributed by atoms with Crippen molar-refractivity contribution in [2.45, 2.75) is 51.0 Å². The lowest BCUT2D eigenvalue weighted by molar-refractivity contribution is -0.898. The van der Waals surface area contributed by atoms with Gasteiger partial charge in [-0.25, -0.2) is 9.97 Å². The molecule has 4 rings (SSSR count). The Kier molecular flexibility index (Phi) is 6.44. The van der Waals surface area contributed by atoms with Gasteiger partial charge in [-0.05, 0) is 31.9 Å². The number of quaternary nitrogens is 1. The van der Waals surface area contributed by atoms with Crippen molar-refractivity contribution in [2.24, 2.45) is 0 Å². The summed E-state index contributed by atoms with van der Waals surface area (Å²) >= 11 is 0. The van der Waals surface area contributed by atoms with E-state index in [1.807, 2.05) is 24.3 Å². The lowest BCUT2D eigenvalue weighted by Crippen LogP contribution is -3.14. The molecule has 0 bridgehead atoms. The van der Waals surface area contributed by atoms with Crippen LogP contribution in [0.15, 0.2) is 24.3 Å². The normalized spacial score (nSPS) is 19.4. The highest BCUT2D eigenvalue weighted by Crippen LogP contribution is 2.28. The van der Waals surface area contributed by atoms with Crippen LogP contribution in [0.4, 0.5) is 5.82 Å². The molecule has 1 aliphatic carbocycles. The van der Waals surface area contributed by atoms with Gasteiger partial charge in [0.05, 0.1) is 49.8 Å². The molecule has 7 nitrogen and oxygen atoms in total. The maximum Gasteiger partial charge on any atom is 0.243 e. The standard InChI is InChI=1S/C23H30N6O/c1-2-28-12-14-29(15-13-28)22-21(26-19-10-6-7-11-20(19)27-22)18(16-24)23(30)25-17-8-4-3-5-9-17/h6-7,10-11,17-18H,2-5,8-9,12-15H2,1H3,(H,25,30)/p+1/t18-/m1/s1. The van der Waals surface area contributed by atoms with Crippen molar-refractivity contribution in [2.75, 3.05) is 37.6 Å². The highest BCUT2D eigenvalue weighted by atomic mass is 16.2. The molecule has 2 heterocycles. The minimum atomic E-state index is -0.949. The van der Waals surface area contributed by atoms with Gasteiger partial charge in [0, 0.05) is 6.04 Å². The van der Waals surface area contributed by atoms with Gasteiger partial charge < -0.3 is 15.1 Å². The van der Waals surface area contributed by atoms with E-state index in [9.17, 15) is 10.1 Å². The number of carbonyl (C=O) groups excluding carboxylic acids is 1. The molecule has 1 amide bonds. The van der Waals surface area contributed by atoms with Crippen molar-refractivity contribution in [1.29, 1.82) is 5.26 Å². The zero-order valence-electron chi connectivity index (χ0n) is 17.7. The fourth-order valence-corrected chi connectivity index (χ4v) is 4.59. The fourth-order valence-electron chi connectivity index (χ4n) is 4.59. The first kappa shape index (κ1) is 20.5. The molecule has 1 atom stereocenters. The van der Waals surface area contributed by atoms with Crippen molar-refractivity contribution >= 4 is 22.8 Å². The predicted octanol–water partition coefficient (Wildman–Crippen LogP) is 1.41. The molecule has 2 fully saturated rings. The third-order valence-electron chi connectivity index (χ3n) is 6.46. The Morgan fingerprint density at radius 2 is 1.87 bits per heavy atom. The number of hydrogen-bond acceptors (Lipinski definition) is 5. The molecule has 2 aliphatic rings. The van der Waals surface area contributed by atoms with E-state index in [0.29, 0.717) is 11.5 Å². The molecule has 158 valence electrons. The summed E-state index contributed by atoms with van der Waals surface area (Å²) in [5.74, 6) is -0.502. The lowest BCUT2D eigenvalue weighted by atomic mass is 9.94. The number of para-hydroxylation sites is 2. The van der Waals surface area contributed by atoms with Crippen molar-refractivity contribution in [1.82, 2.24) is 15.3 Å². The van der Waals surface area contributed by atoms with Gasteiger partial charge in [-0.15, -0.1) is 0 Å². The summed E-state index contributed by atoms with van der Waals surface area (Å²) in [5, 5.41) is 13.1. The molecule has 2 aromatic rings. The van der Waals surface area contributed by atoms with Crippen LogP contribution < -0.4 is 15.1 Å². The minimum Gasteiger partial charge on any atom is -0.352 e. The van der Waals surface area contributed by atoms with Gasteiger partial charge in [-0.1, -0.05) is 31.4 Å². The predicted molar refractivity (Wildman–Crippen MR) is 116 cm³/mol. The molecule has 1 aromatic carbocycles. The van der Waals surface area contributed by atoms with E-state index < -0.39 is 5.92 Å². The van der Waals surface area contributed by atoms with Crippen LogP contribution in [-0.2, 0) is 4.79 Å². The molecule has 30 heavy (non-hydrogen) atoms. The summed E-state index contributed by atoms with van der Waals surface area (Å²) in [5.41, 5.74) is 2.01. The Morgan fingerprint density at radius 3 is 2.50 bits per heavy atom. The smallest absolute Gasteiger partial charge is 0.243 e. The van der Waals surface area contributed by atoms with Gasteiger partial charge in [-0.3, -0.25) is 4.79 Å². The number of piperazine rings is 1. The first-order valence-electron chi connectivity index (χ1n) is 11.2. The van der Waals surface area contributed by atoms with E-state index in [1.54, 1.807) is 4.90 Å². The highest BCUT2D eigenvalue weighted by molar-refractivity contribution is 5.89. The van der Waals surface area contributed by atoms with Crippen LogP contribution in [-0.4, -0.2) is 54.6 Å². The number of fused-ring (bicyclic) bond motifs is 1. The third kappa shape index (κ3) is 4.39. The second-order valence-corrected chi connectivity index (χ2v) is 8.42. The Balaban J connectivity index is 1.66. The fraction of sp³-hybridized carbons (Fsp3) is 0.565. The number of likely N-dealkylation sites (N-methyl/N-ethyl adjacent to an activating group) is 1. The molecule has 1 saturated heterocycles. The van der Waals surface area contributed by atoms with Gasteiger partial charge in [0.25, 0.3) is 0 Å². The Hall–Kier alpha value is -2.72. The first-order valence-corrected chi connectivity index (χ1v) is 11.2. The summed E-state index contributed by atoms with van der Waals surface area (Å²) in [6.07, 6.45) is 5.46. The van der Waals surface area contributed by atoms with E-state index in [2.05, 4.69) is 23.2 Å². The minimum absolute atomic E-state index is 0.163. The van der Waals surface area contributed by atoms with Crippen LogP contribution >= 0.6 is 0 Å². The van der Waals surface area contributed by atoms with Gasteiger partial charge >= 0.3 is 0 Å². The summed E-state index contributed by atoms with van der Waals surface area (Å²) in [6, 6.07) is 10.1. The Bertz CT molecular complexity index is 925. The number of anilines is 1. The molecule has 1 aliphatic heterocycles. The van der Waals surface area contributed by atoms with Gasteiger partial charge in [0.15, 0.2) is 11.7 Å². The molecular weight excluding hydrogens is 376 g/mol. The molecular formula is C23H31N6O+. The molecule has 1 aromatic heterocycles. The van der Waals surface area contributed by atoms with Crippen molar-refractivity contribution < 1.29 is 9.69 Å². The molecule has 1 saturated carbocycles. The summed E-state index contributed by atoms with van der Waals surface area (Å²) in [6.45, 7) is 7.06. The van der Waals surface area contributed by atoms with Crippen LogP contribution in [0.25, 0.3) is 11.0 Å².